The smallest absolute Gasteiger partial charge is 0.0781 e. The number of rotatable bonds is 1. The van der Waals surface area contributed by atoms with Crippen molar-refractivity contribution in [1.82, 2.24) is 0 Å². The number of fused-ring (bicyclic) bond motifs is 1. The molecule has 70 valence electrons. The molecule has 0 atom stereocenters. The summed E-state index contributed by atoms with van der Waals surface area (Å²) in [6.07, 6.45) is 0.858. The van der Waals surface area contributed by atoms with Crippen LogP contribution >= 0.6 is 24.0 Å². The van der Waals surface area contributed by atoms with E-state index in [1.54, 1.807) is 11.3 Å². The Bertz CT molecular complexity index is 452. The highest BCUT2D eigenvalue weighted by Crippen LogP contribution is 2.24. The minimum atomic E-state index is 0.831. The lowest BCUT2D eigenvalue weighted by molar-refractivity contribution is 1.31. The maximum Gasteiger partial charge on any atom is 0.0781 e. The number of hydrogen-bond donors (Lipinski definition) is 1. The molecule has 0 saturated carbocycles. The summed E-state index contributed by atoms with van der Waals surface area (Å²) in [7, 11) is 0. The van der Waals surface area contributed by atoms with Crippen molar-refractivity contribution in [2.45, 2.75) is 6.42 Å². The molecule has 1 heterocycles. The van der Waals surface area contributed by atoms with Crippen LogP contribution in [-0.2, 0) is 0 Å². The minimum Gasteiger partial charge on any atom is -0.178 e. The highest BCUT2D eigenvalue weighted by atomic mass is 32.1. The van der Waals surface area contributed by atoms with Gasteiger partial charge in [-0.25, -0.2) is 0 Å². The Kier molecular flexibility index (Phi) is 3.13. The highest BCUT2D eigenvalue weighted by molar-refractivity contribution is 7.80. The first kappa shape index (κ1) is 9.64. The standard InChI is InChI=1S/C12H10S2/c13-8-4-3-6-11-9-10-5-1-2-7-12(10)14-11/h1-2,5,7,9,13H,4,8H2. The molecule has 0 N–H and O–H groups in total. The molecule has 2 rings (SSSR count). The van der Waals surface area contributed by atoms with Crippen molar-refractivity contribution in [3.63, 3.8) is 0 Å². The van der Waals surface area contributed by atoms with Gasteiger partial charge in [-0.2, -0.15) is 12.6 Å². The second-order valence-electron chi connectivity index (χ2n) is 2.92. The van der Waals surface area contributed by atoms with E-state index in [-0.39, 0.29) is 0 Å². The fourth-order valence-corrected chi connectivity index (χ4v) is 2.30. The third-order valence-corrected chi connectivity index (χ3v) is 3.13. The Labute approximate surface area is 93.4 Å². The molecule has 0 aliphatic heterocycles. The van der Waals surface area contributed by atoms with Crippen LogP contribution in [0.2, 0.25) is 0 Å². The first-order chi connectivity index (χ1) is 6.90. The van der Waals surface area contributed by atoms with Gasteiger partial charge >= 0.3 is 0 Å². The van der Waals surface area contributed by atoms with E-state index in [9.17, 15) is 0 Å². The van der Waals surface area contributed by atoms with Crippen LogP contribution in [0.15, 0.2) is 30.3 Å². The van der Waals surface area contributed by atoms with E-state index in [0.717, 1.165) is 17.1 Å². The minimum absolute atomic E-state index is 0.831. The van der Waals surface area contributed by atoms with E-state index in [4.69, 9.17) is 0 Å². The average Bonchev–Trinajstić information content (AvgIpc) is 2.60. The second-order valence-corrected chi connectivity index (χ2v) is 4.45. The largest absolute Gasteiger partial charge is 0.178 e. The molecule has 0 spiro atoms. The van der Waals surface area contributed by atoms with Gasteiger partial charge < -0.3 is 0 Å². The van der Waals surface area contributed by atoms with E-state index >= 15 is 0 Å². The van der Waals surface area contributed by atoms with E-state index in [1.807, 2.05) is 0 Å². The summed E-state index contributed by atoms with van der Waals surface area (Å²) < 4.78 is 1.31. The highest BCUT2D eigenvalue weighted by Gasteiger charge is 1.96. The Morgan fingerprint density at radius 1 is 1.29 bits per heavy atom. The third kappa shape index (κ3) is 2.12. The lowest BCUT2D eigenvalue weighted by Gasteiger charge is -1.82. The van der Waals surface area contributed by atoms with Crippen molar-refractivity contribution >= 4 is 34.1 Å². The van der Waals surface area contributed by atoms with Crippen molar-refractivity contribution < 1.29 is 0 Å². The van der Waals surface area contributed by atoms with Gasteiger partial charge in [-0.15, -0.1) is 11.3 Å². The second kappa shape index (κ2) is 4.54. The van der Waals surface area contributed by atoms with Gasteiger partial charge in [-0.1, -0.05) is 30.0 Å². The van der Waals surface area contributed by atoms with E-state index < -0.39 is 0 Å². The molecule has 1 aromatic heterocycles. The average molecular weight is 218 g/mol. The van der Waals surface area contributed by atoms with E-state index in [0.29, 0.717) is 0 Å². The molecule has 14 heavy (non-hydrogen) atoms. The molecule has 2 heteroatoms. The molecule has 0 aliphatic carbocycles. The predicted octanol–water partition coefficient (Wildman–Crippen LogP) is 3.57. The topological polar surface area (TPSA) is 0 Å². The Morgan fingerprint density at radius 3 is 2.93 bits per heavy atom. The maximum atomic E-state index is 4.12. The van der Waals surface area contributed by atoms with Crippen LogP contribution in [0.4, 0.5) is 0 Å². The molecule has 0 amide bonds. The van der Waals surface area contributed by atoms with E-state index in [1.165, 1.54) is 10.1 Å². The zero-order valence-corrected chi connectivity index (χ0v) is 9.37. The molecule has 0 aliphatic rings. The number of thiophene rings is 1. The summed E-state index contributed by atoms with van der Waals surface area (Å²) in [5.41, 5.74) is 0. The zero-order valence-electron chi connectivity index (χ0n) is 7.66. The van der Waals surface area contributed by atoms with Crippen LogP contribution in [0.3, 0.4) is 0 Å². The lowest BCUT2D eigenvalue weighted by atomic mass is 10.2. The molecule has 0 bridgehead atoms. The van der Waals surface area contributed by atoms with Gasteiger partial charge in [0.05, 0.1) is 4.88 Å². The van der Waals surface area contributed by atoms with Gasteiger partial charge in [0.15, 0.2) is 0 Å². The summed E-state index contributed by atoms with van der Waals surface area (Å²) in [4.78, 5) is 1.15. The summed E-state index contributed by atoms with van der Waals surface area (Å²) >= 11 is 5.87. The molecule has 0 unspecified atom stereocenters. The van der Waals surface area contributed by atoms with Crippen molar-refractivity contribution in [3.05, 3.63) is 35.2 Å². The Balaban J connectivity index is 2.33. The molecule has 0 fully saturated rings. The summed E-state index contributed by atoms with van der Waals surface area (Å²) in [5.74, 6) is 7.08. The fraction of sp³-hybridized carbons (Fsp3) is 0.167. The van der Waals surface area contributed by atoms with Crippen LogP contribution in [-0.4, -0.2) is 5.75 Å². The molecular weight excluding hydrogens is 208 g/mol. The monoisotopic (exact) mass is 218 g/mol. The van der Waals surface area contributed by atoms with Crippen LogP contribution in [0.1, 0.15) is 11.3 Å². The fourth-order valence-electron chi connectivity index (χ4n) is 1.25. The van der Waals surface area contributed by atoms with Gasteiger partial charge in [0.25, 0.3) is 0 Å². The van der Waals surface area contributed by atoms with Gasteiger partial charge in [-0.3, -0.25) is 0 Å². The van der Waals surface area contributed by atoms with Crippen molar-refractivity contribution in [2.24, 2.45) is 0 Å². The first-order valence-corrected chi connectivity index (χ1v) is 5.93. The van der Waals surface area contributed by atoms with Crippen molar-refractivity contribution in [2.75, 3.05) is 5.75 Å². The van der Waals surface area contributed by atoms with Crippen LogP contribution < -0.4 is 0 Å². The number of thiol groups is 1. The summed E-state index contributed by atoms with van der Waals surface area (Å²) in [6, 6.07) is 10.5. The number of benzene rings is 1. The van der Waals surface area contributed by atoms with Crippen LogP contribution in [0, 0.1) is 11.8 Å². The lowest BCUT2D eigenvalue weighted by Crippen LogP contribution is -1.67. The van der Waals surface area contributed by atoms with Crippen molar-refractivity contribution in [3.8, 4) is 11.8 Å². The number of hydrogen-bond acceptors (Lipinski definition) is 2. The Hall–Kier alpha value is -0.910. The summed E-state index contributed by atoms with van der Waals surface area (Å²) in [5, 5.41) is 1.28. The van der Waals surface area contributed by atoms with Gasteiger partial charge in [0.2, 0.25) is 0 Å². The van der Waals surface area contributed by atoms with Crippen LogP contribution in [0.25, 0.3) is 10.1 Å². The van der Waals surface area contributed by atoms with Gasteiger partial charge in [-0.05, 0) is 17.5 Å². The molecule has 1 aromatic carbocycles. The van der Waals surface area contributed by atoms with Gasteiger partial charge in [0.1, 0.15) is 0 Å². The molecule has 0 saturated heterocycles. The quantitative estimate of drug-likeness (QED) is 0.549. The maximum absolute atomic E-state index is 4.12. The first-order valence-electron chi connectivity index (χ1n) is 4.48. The van der Waals surface area contributed by atoms with Crippen LogP contribution in [0.5, 0.6) is 0 Å². The molecule has 0 radical (unpaired) electrons. The summed E-state index contributed by atoms with van der Waals surface area (Å²) in [6.45, 7) is 0. The Morgan fingerprint density at radius 2 is 2.14 bits per heavy atom. The SMILES string of the molecule is SCCC#Cc1cc2ccccc2s1. The molecule has 2 aromatic rings. The van der Waals surface area contributed by atoms with Gasteiger partial charge in [0, 0.05) is 16.9 Å². The molecular formula is C12H10S2. The zero-order chi connectivity index (χ0) is 9.80. The molecule has 0 nitrogen and oxygen atoms in total. The van der Waals surface area contributed by atoms with E-state index in [2.05, 4.69) is 54.8 Å². The third-order valence-electron chi connectivity index (χ3n) is 1.87. The van der Waals surface area contributed by atoms with Crippen molar-refractivity contribution in [1.29, 1.82) is 0 Å². The predicted molar refractivity (Wildman–Crippen MR) is 67.2 cm³/mol. The normalized spacial score (nSPS) is 9.79.